The number of nitrogens with zero attached hydrogens (tertiary/aromatic N) is 1. The smallest absolute Gasteiger partial charge is 0.293 e. The number of sulfone groups is 1. The highest BCUT2D eigenvalue weighted by Crippen LogP contribution is 2.27. The van der Waals surface area contributed by atoms with Gasteiger partial charge in [0.05, 0.1) is 16.2 Å². The van der Waals surface area contributed by atoms with E-state index in [0.717, 1.165) is 6.26 Å². The summed E-state index contributed by atoms with van der Waals surface area (Å²) in [6, 6.07) is 3.51. The third kappa shape index (κ3) is 4.71. The van der Waals surface area contributed by atoms with Crippen LogP contribution in [0.3, 0.4) is 0 Å². The fourth-order valence-electron chi connectivity index (χ4n) is 1.94. The average molecular weight is 315 g/mol. The monoisotopic (exact) mass is 315 g/mol. The van der Waals surface area contributed by atoms with Crippen LogP contribution in [-0.2, 0) is 9.84 Å². The van der Waals surface area contributed by atoms with Gasteiger partial charge >= 0.3 is 0 Å². The van der Waals surface area contributed by atoms with E-state index in [4.69, 9.17) is 0 Å². The van der Waals surface area contributed by atoms with E-state index in [0.29, 0.717) is 0 Å². The molecule has 0 aliphatic rings. The van der Waals surface area contributed by atoms with Gasteiger partial charge in [-0.3, -0.25) is 14.9 Å². The number of carbonyl (C=O) groups excluding carboxylic acids is 1. The maximum atomic E-state index is 12.1. The predicted octanol–water partition coefficient (Wildman–Crippen LogP) is 0.799. The Morgan fingerprint density at radius 3 is 2.52 bits per heavy atom. The zero-order valence-corrected chi connectivity index (χ0v) is 12.7. The number of benzene rings is 1. The minimum atomic E-state index is -3.23. The molecule has 0 spiro atoms. The molecular weight excluding hydrogens is 298 g/mol. The van der Waals surface area contributed by atoms with E-state index >= 15 is 0 Å². The number of carbonyl (C=O) groups is 1. The molecule has 2 N–H and O–H groups in total. The number of para-hydroxylation sites is 1. The Morgan fingerprint density at radius 1 is 1.43 bits per heavy atom. The molecule has 0 saturated carbocycles. The molecule has 0 bridgehead atoms. The van der Waals surface area contributed by atoms with Gasteiger partial charge in [-0.15, -0.1) is 0 Å². The fraction of sp³-hybridized carbons (Fsp3) is 0.417. The molecule has 0 radical (unpaired) electrons. The molecule has 9 heteroatoms. The molecule has 1 rings (SSSR count). The Labute approximate surface area is 122 Å². The molecule has 8 nitrogen and oxygen atoms in total. The molecule has 0 aliphatic heterocycles. The third-order valence-corrected chi connectivity index (χ3v) is 3.77. The van der Waals surface area contributed by atoms with Crippen LogP contribution in [0.5, 0.6) is 0 Å². The first-order valence-electron chi connectivity index (χ1n) is 6.09. The Kier molecular flexibility index (Phi) is 5.25. The Morgan fingerprint density at radius 2 is 2.05 bits per heavy atom. The lowest BCUT2D eigenvalue weighted by molar-refractivity contribution is -0.384. The van der Waals surface area contributed by atoms with Crippen molar-refractivity contribution >= 4 is 27.1 Å². The highest BCUT2D eigenvalue weighted by Gasteiger charge is 2.22. The topological polar surface area (TPSA) is 118 Å². The van der Waals surface area contributed by atoms with E-state index in [1.165, 1.54) is 25.2 Å². The number of hydrogen-bond donors (Lipinski definition) is 2. The molecule has 1 atom stereocenters. The SMILES string of the molecule is CNc1c(C(=O)NC(C)CS(C)(=O)=O)cccc1[N+](=O)[O-]. The normalized spacial score (nSPS) is 12.5. The molecule has 116 valence electrons. The molecule has 0 aliphatic carbocycles. The molecule has 0 saturated heterocycles. The van der Waals surface area contributed by atoms with Crippen LogP contribution < -0.4 is 10.6 Å². The van der Waals surface area contributed by atoms with Crippen molar-refractivity contribution in [3.8, 4) is 0 Å². The number of nitro benzene ring substituents is 1. The van der Waals surface area contributed by atoms with Crippen LogP contribution in [0.15, 0.2) is 18.2 Å². The summed E-state index contributed by atoms with van der Waals surface area (Å²) in [5.74, 6) is -0.776. The van der Waals surface area contributed by atoms with Crippen LogP contribution in [0.1, 0.15) is 17.3 Å². The van der Waals surface area contributed by atoms with Gasteiger partial charge in [-0.25, -0.2) is 8.42 Å². The molecule has 0 aromatic heterocycles. The molecule has 1 aromatic carbocycles. The quantitative estimate of drug-likeness (QED) is 0.592. The van der Waals surface area contributed by atoms with E-state index in [2.05, 4.69) is 10.6 Å². The second kappa shape index (κ2) is 6.53. The van der Waals surface area contributed by atoms with Gasteiger partial charge in [0.25, 0.3) is 11.6 Å². The summed E-state index contributed by atoms with van der Waals surface area (Å²) < 4.78 is 22.3. The number of rotatable bonds is 6. The van der Waals surface area contributed by atoms with E-state index in [1.807, 2.05) is 0 Å². The van der Waals surface area contributed by atoms with Gasteiger partial charge in [0.1, 0.15) is 15.5 Å². The molecule has 0 heterocycles. The van der Waals surface area contributed by atoms with Gasteiger partial charge < -0.3 is 10.6 Å². The van der Waals surface area contributed by atoms with Gasteiger partial charge in [0.15, 0.2) is 0 Å². The first-order valence-corrected chi connectivity index (χ1v) is 8.15. The van der Waals surface area contributed by atoms with Gasteiger partial charge in [-0.05, 0) is 13.0 Å². The van der Waals surface area contributed by atoms with Gasteiger partial charge in [-0.1, -0.05) is 6.07 Å². The van der Waals surface area contributed by atoms with Gasteiger partial charge in [0, 0.05) is 25.4 Å². The summed E-state index contributed by atoms with van der Waals surface area (Å²) in [6.45, 7) is 1.55. The summed E-state index contributed by atoms with van der Waals surface area (Å²) in [7, 11) is -1.76. The Balaban J connectivity index is 3.03. The molecule has 1 amide bonds. The third-order valence-electron chi connectivity index (χ3n) is 2.66. The highest BCUT2D eigenvalue weighted by atomic mass is 32.2. The van der Waals surface area contributed by atoms with Crippen LogP contribution >= 0.6 is 0 Å². The van der Waals surface area contributed by atoms with Crippen molar-refractivity contribution in [1.29, 1.82) is 0 Å². The van der Waals surface area contributed by atoms with Crippen molar-refractivity contribution in [2.24, 2.45) is 0 Å². The maximum absolute atomic E-state index is 12.1. The van der Waals surface area contributed by atoms with Crippen LogP contribution in [0.25, 0.3) is 0 Å². The summed E-state index contributed by atoms with van der Waals surface area (Å²) >= 11 is 0. The number of amides is 1. The van der Waals surface area contributed by atoms with E-state index in [9.17, 15) is 23.3 Å². The van der Waals surface area contributed by atoms with Crippen LogP contribution in [-0.4, -0.2) is 44.3 Å². The standard InChI is InChI=1S/C12H17N3O5S/c1-8(7-21(3,19)20)14-12(16)9-5-4-6-10(15(17)18)11(9)13-2/h4-6,8,13H,7H2,1-3H3,(H,14,16). The number of anilines is 1. The number of nitro groups is 1. The predicted molar refractivity (Wildman–Crippen MR) is 79.3 cm³/mol. The minimum Gasteiger partial charge on any atom is -0.382 e. The molecule has 1 aromatic rings. The van der Waals surface area contributed by atoms with Crippen LogP contribution in [0, 0.1) is 10.1 Å². The molecule has 1 unspecified atom stereocenters. The van der Waals surface area contributed by atoms with Crippen molar-refractivity contribution in [2.45, 2.75) is 13.0 Å². The summed E-state index contributed by atoms with van der Waals surface area (Å²) in [5, 5.41) is 16.1. The zero-order chi connectivity index (χ0) is 16.2. The average Bonchev–Trinajstić information content (AvgIpc) is 2.34. The lowest BCUT2D eigenvalue weighted by Crippen LogP contribution is -2.37. The van der Waals surface area contributed by atoms with Crippen molar-refractivity contribution in [3.63, 3.8) is 0 Å². The summed E-state index contributed by atoms with van der Waals surface area (Å²) in [4.78, 5) is 22.5. The van der Waals surface area contributed by atoms with Gasteiger partial charge in [-0.2, -0.15) is 0 Å². The molecule has 21 heavy (non-hydrogen) atoms. The van der Waals surface area contributed by atoms with Crippen LogP contribution in [0.4, 0.5) is 11.4 Å². The van der Waals surface area contributed by atoms with Crippen molar-refractivity contribution in [1.82, 2.24) is 5.32 Å². The van der Waals surface area contributed by atoms with E-state index in [1.54, 1.807) is 6.92 Å². The first kappa shape index (κ1) is 16.9. The Bertz CT molecular complexity index is 657. The second-order valence-corrected chi connectivity index (χ2v) is 6.86. The summed E-state index contributed by atoms with van der Waals surface area (Å²) in [5.41, 5.74) is -0.0421. The van der Waals surface area contributed by atoms with Crippen LogP contribution in [0.2, 0.25) is 0 Å². The van der Waals surface area contributed by atoms with Crippen molar-refractivity contribution < 1.29 is 18.1 Å². The number of nitrogens with one attached hydrogen (secondary N) is 2. The number of hydrogen-bond acceptors (Lipinski definition) is 6. The lowest BCUT2D eigenvalue weighted by Gasteiger charge is -2.14. The maximum Gasteiger partial charge on any atom is 0.293 e. The fourth-order valence-corrected chi connectivity index (χ4v) is 2.93. The molecular formula is C12H17N3O5S. The molecule has 0 fully saturated rings. The minimum absolute atomic E-state index is 0.0894. The van der Waals surface area contributed by atoms with E-state index < -0.39 is 26.7 Å². The van der Waals surface area contributed by atoms with E-state index in [-0.39, 0.29) is 22.7 Å². The Hall–Kier alpha value is -2.16. The second-order valence-electron chi connectivity index (χ2n) is 4.67. The van der Waals surface area contributed by atoms with Gasteiger partial charge in [0.2, 0.25) is 0 Å². The summed E-state index contributed by atoms with van der Waals surface area (Å²) in [6.07, 6.45) is 1.07. The van der Waals surface area contributed by atoms with Crippen molar-refractivity contribution in [2.75, 3.05) is 24.4 Å². The lowest BCUT2D eigenvalue weighted by atomic mass is 10.1. The highest BCUT2D eigenvalue weighted by molar-refractivity contribution is 7.90. The largest absolute Gasteiger partial charge is 0.382 e. The van der Waals surface area contributed by atoms with Crippen molar-refractivity contribution in [3.05, 3.63) is 33.9 Å². The zero-order valence-electron chi connectivity index (χ0n) is 11.9. The first-order chi connectivity index (χ1) is 9.65.